The molecule has 0 aliphatic carbocycles. The predicted octanol–water partition coefficient (Wildman–Crippen LogP) is 3.86. The van der Waals surface area contributed by atoms with Gasteiger partial charge in [-0.25, -0.2) is 4.98 Å². The number of nitrogens with zero attached hydrogens (tertiary/aromatic N) is 4. The lowest BCUT2D eigenvalue weighted by Crippen LogP contribution is -2.24. The van der Waals surface area contributed by atoms with E-state index in [-0.39, 0.29) is 5.56 Å². The van der Waals surface area contributed by atoms with Crippen LogP contribution in [-0.4, -0.2) is 26.1 Å². The molecule has 0 spiro atoms. The van der Waals surface area contributed by atoms with E-state index in [0.717, 1.165) is 28.4 Å². The standard InChI is InChI=1S/C21H18ClN5O/c1-13-11-26(17-9-5-8-16(22)19(13)17)12-15-10-18(28)27-21(23-15)24-20(25-27)14-6-3-2-4-7-14/h2-10,13H,11-12H2,1H3,(H,23,24,25). The second-order valence-electron chi connectivity index (χ2n) is 7.11. The van der Waals surface area contributed by atoms with Crippen molar-refractivity contribution in [2.24, 2.45) is 0 Å². The fourth-order valence-electron chi connectivity index (χ4n) is 3.89. The Morgan fingerprint density at radius 2 is 1.96 bits per heavy atom. The van der Waals surface area contributed by atoms with Crippen molar-refractivity contribution < 1.29 is 0 Å². The molecule has 0 fully saturated rings. The number of aromatic nitrogens is 4. The molecule has 1 aliphatic heterocycles. The van der Waals surface area contributed by atoms with Gasteiger partial charge in [0, 0.05) is 34.8 Å². The number of aromatic amines is 1. The first-order valence-corrected chi connectivity index (χ1v) is 9.55. The highest BCUT2D eigenvalue weighted by atomic mass is 35.5. The van der Waals surface area contributed by atoms with Crippen molar-refractivity contribution in [1.29, 1.82) is 0 Å². The van der Waals surface area contributed by atoms with Gasteiger partial charge in [0.25, 0.3) is 11.3 Å². The average Bonchev–Trinajstić information content (AvgIpc) is 3.25. The molecule has 0 bridgehead atoms. The molecule has 1 aliphatic rings. The fourth-order valence-corrected chi connectivity index (χ4v) is 4.24. The second-order valence-corrected chi connectivity index (χ2v) is 7.52. The molecule has 3 heterocycles. The summed E-state index contributed by atoms with van der Waals surface area (Å²) in [4.78, 5) is 23.9. The molecule has 4 aromatic rings. The molecule has 1 N–H and O–H groups in total. The summed E-state index contributed by atoms with van der Waals surface area (Å²) in [6.45, 7) is 3.54. The molecule has 140 valence electrons. The van der Waals surface area contributed by atoms with E-state index in [0.29, 0.717) is 29.8 Å². The molecule has 28 heavy (non-hydrogen) atoms. The van der Waals surface area contributed by atoms with Crippen molar-refractivity contribution in [3.63, 3.8) is 0 Å². The first kappa shape index (κ1) is 17.0. The van der Waals surface area contributed by atoms with Crippen molar-refractivity contribution in [2.75, 3.05) is 11.4 Å². The van der Waals surface area contributed by atoms with Crippen LogP contribution in [0.3, 0.4) is 0 Å². The van der Waals surface area contributed by atoms with Gasteiger partial charge in [0.2, 0.25) is 0 Å². The molecule has 0 amide bonds. The Kier molecular flexibility index (Phi) is 3.94. The maximum atomic E-state index is 12.6. The van der Waals surface area contributed by atoms with Gasteiger partial charge in [0.05, 0.1) is 12.2 Å². The van der Waals surface area contributed by atoms with Crippen LogP contribution in [-0.2, 0) is 6.54 Å². The minimum atomic E-state index is -0.173. The van der Waals surface area contributed by atoms with Gasteiger partial charge in [0.1, 0.15) is 0 Å². The molecule has 1 unspecified atom stereocenters. The third-order valence-corrected chi connectivity index (χ3v) is 5.47. The Bertz CT molecular complexity index is 1230. The number of benzene rings is 2. The summed E-state index contributed by atoms with van der Waals surface area (Å²) >= 11 is 6.39. The highest BCUT2D eigenvalue weighted by Gasteiger charge is 2.28. The molecule has 7 heteroatoms. The van der Waals surface area contributed by atoms with Gasteiger partial charge in [-0.15, -0.1) is 0 Å². The number of fused-ring (bicyclic) bond motifs is 2. The van der Waals surface area contributed by atoms with Gasteiger partial charge in [0.15, 0.2) is 5.82 Å². The highest BCUT2D eigenvalue weighted by Crippen LogP contribution is 2.40. The molecule has 2 aromatic heterocycles. The van der Waals surface area contributed by atoms with Crippen molar-refractivity contribution in [3.8, 4) is 11.4 Å². The van der Waals surface area contributed by atoms with E-state index in [2.05, 4.69) is 33.0 Å². The minimum absolute atomic E-state index is 0.173. The normalized spacial score (nSPS) is 15.9. The smallest absolute Gasteiger partial charge is 0.274 e. The number of halogens is 1. The van der Waals surface area contributed by atoms with Crippen LogP contribution in [0, 0.1) is 0 Å². The number of hydrogen-bond donors (Lipinski definition) is 1. The van der Waals surface area contributed by atoms with E-state index < -0.39 is 0 Å². The SMILES string of the molecule is CC1CN(Cc2cc(=O)n3[nH]c(-c4ccccc4)nc3n2)c2cccc(Cl)c21. The van der Waals surface area contributed by atoms with Crippen LogP contribution in [0.15, 0.2) is 59.4 Å². The van der Waals surface area contributed by atoms with Crippen LogP contribution < -0.4 is 10.5 Å². The van der Waals surface area contributed by atoms with E-state index in [1.165, 1.54) is 4.52 Å². The lowest BCUT2D eigenvalue weighted by Gasteiger charge is -2.19. The quantitative estimate of drug-likeness (QED) is 0.576. The third-order valence-electron chi connectivity index (χ3n) is 5.14. The highest BCUT2D eigenvalue weighted by molar-refractivity contribution is 6.32. The number of hydrogen-bond acceptors (Lipinski definition) is 4. The summed E-state index contributed by atoms with van der Waals surface area (Å²) in [5.41, 5.74) is 3.69. The Morgan fingerprint density at radius 3 is 2.79 bits per heavy atom. The molecular weight excluding hydrogens is 374 g/mol. The van der Waals surface area contributed by atoms with Crippen molar-refractivity contribution >= 4 is 23.1 Å². The molecule has 0 saturated heterocycles. The van der Waals surface area contributed by atoms with E-state index in [1.807, 2.05) is 42.5 Å². The number of nitrogens with one attached hydrogen (secondary N) is 1. The van der Waals surface area contributed by atoms with Gasteiger partial charge < -0.3 is 4.90 Å². The van der Waals surface area contributed by atoms with Gasteiger partial charge in [-0.2, -0.15) is 9.50 Å². The zero-order chi connectivity index (χ0) is 19.3. The topological polar surface area (TPSA) is 66.3 Å². The zero-order valence-corrected chi connectivity index (χ0v) is 16.0. The summed E-state index contributed by atoms with van der Waals surface area (Å²) in [6, 6.07) is 17.2. The van der Waals surface area contributed by atoms with Crippen LogP contribution in [0.2, 0.25) is 5.02 Å². The zero-order valence-electron chi connectivity index (χ0n) is 15.3. The van der Waals surface area contributed by atoms with E-state index >= 15 is 0 Å². The molecule has 5 rings (SSSR count). The second kappa shape index (κ2) is 6.49. The van der Waals surface area contributed by atoms with Crippen LogP contribution in [0.25, 0.3) is 17.2 Å². The third kappa shape index (κ3) is 2.77. The molecular formula is C21H18ClN5O. The van der Waals surface area contributed by atoms with Crippen molar-refractivity contribution in [2.45, 2.75) is 19.4 Å². The van der Waals surface area contributed by atoms with E-state index in [1.54, 1.807) is 6.07 Å². The van der Waals surface area contributed by atoms with Crippen molar-refractivity contribution in [1.82, 2.24) is 19.6 Å². The lowest BCUT2D eigenvalue weighted by atomic mass is 10.0. The van der Waals surface area contributed by atoms with Gasteiger partial charge in [-0.05, 0) is 17.7 Å². The first-order chi connectivity index (χ1) is 13.6. The molecule has 0 saturated carbocycles. The largest absolute Gasteiger partial charge is 0.365 e. The lowest BCUT2D eigenvalue weighted by molar-refractivity contribution is 0.733. The minimum Gasteiger partial charge on any atom is -0.365 e. The van der Waals surface area contributed by atoms with E-state index in [4.69, 9.17) is 11.6 Å². The number of rotatable bonds is 3. The first-order valence-electron chi connectivity index (χ1n) is 9.17. The monoisotopic (exact) mass is 391 g/mol. The van der Waals surface area contributed by atoms with Crippen LogP contribution in [0.1, 0.15) is 24.1 Å². The fraction of sp³-hybridized carbons (Fsp3) is 0.190. The van der Waals surface area contributed by atoms with Crippen molar-refractivity contribution in [3.05, 3.63) is 81.2 Å². The Balaban J connectivity index is 1.51. The number of H-pyrrole nitrogens is 1. The van der Waals surface area contributed by atoms with Gasteiger partial charge >= 0.3 is 0 Å². The molecule has 2 aromatic carbocycles. The van der Waals surface area contributed by atoms with Gasteiger partial charge in [-0.1, -0.05) is 54.9 Å². The summed E-state index contributed by atoms with van der Waals surface area (Å²) in [6.07, 6.45) is 0. The Labute approximate surface area is 166 Å². The predicted molar refractivity (Wildman–Crippen MR) is 110 cm³/mol. The van der Waals surface area contributed by atoms with Gasteiger partial charge in [-0.3, -0.25) is 9.89 Å². The Hall–Kier alpha value is -3.12. The van der Waals surface area contributed by atoms with Crippen LogP contribution in [0.4, 0.5) is 5.69 Å². The summed E-state index contributed by atoms with van der Waals surface area (Å²) in [5, 5.41) is 3.82. The number of anilines is 1. The summed E-state index contributed by atoms with van der Waals surface area (Å²) in [5.74, 6) is 1.33. The maximum Gasteiger partial charge on any atom is 0.274 e. The molecule has 1 atom stereocenters. The van der Waals surface area contributed by atoms with Crippen LogP contribution in [0.5, 0.6) is 0 Å². The average molecular weight is 392 g/mol. The summed E-state index contributed by atoms with van der Waals surface area (Å²) < 4.78 is 1.38. The molecule has 6 nitrogen and oxygen atoms in total. The Morgan fingerprint density at radius 1 is 1.14 bits per heavy atom. The van der Waals surface area contributed by atoms with E-state index in [9.17, 15) is 4.79 Å². The summed E-state index contributed by atoms with van der Waals surface area (Å²) in [7, 11) is 0. The maximum absolute atomic E-state index is 12.6. The molecule has 0 radical (unpaired) electrons. The van der Waals surface area contributed by atoms with Crippen LogP contribution >= 0.6 is 11.6 Å².